The van der Waals surface area contributed by atoms with Crippen molar-refractivity contribution in [2.45, 2.75) is 19.8 Å². The zero-order valence-electron chi connectivity index (χ0n) is 11.9. The molecular formula is C15H22FN3O. The molecule has 1 aliphatic heterocycles. The molecule has 5 heteroatoms. The minimum atomic E-state index is -0.166. The lowest BCUT2D eigenvalue weighted by Crippen LogP contribution is -2.50. The average molecular weight is 279 g/mol. The molecule has 1 heterocycles. The van der Waals surface area contributed by atoms with E-state index >= 15 is 0 Å². The number of hydrogen-bond donors (Lipinski definition) is 2. The summed E-state index contributed by atoms with van der Waals surface area (Å²) in [5.74, 6) is -0.166. The van der Waals surface area contributed by atoms with Gasteiger partial charge in [0.1, 0.15) is 5.82 Å². The van der Waals surface area contributed by atoms with Crippen molar-refractivity contribution in [1.82, 2.24) is 15.5 Å². The number of carbonyl (C=O) groups excluding carboxylic acids is 1. The van der Waals surface area contributed by atoms with E-state index < -0.39 is 0 Å². The Morgan fingerprint density at radius 1 is 1.40 bits per heavy atom. The van der Waals surface area contributed by atoms with E-state index in [4.69, 9.17) is 0 Å². The van der Waals surface area contributed by atoms with Crippen LogP contribution in [-0.4, -0.2) is 43.7 Å². The Kier molecular flexibility index (Phi) is 5.35. The van der Waals surface area contributed by atoms with Crippen LogP contribution in [0, 0.1) is 12.7 Å². The van der Waals surface area contributed by atoms with Gasteiger partial charge in [-0.25, -0.2) is 9.18 Å². The molecule has 4 nitrogen and oxygen atoms in total. The first-order valence-electron chi connectivity index (χ1n) is 7.15. The van der Waals surface area contributed by atoms with Crippen LogP contribution in [0.25, 0.3) is 0 Å². The van der Waals surface area contributed by atoms with E-state index in [2.05, 4.69) is 10.6 Å². The van der Waals surface area contributed by atoms with Gasteiger partial charge in [0, 0.05) is 32.7 Å². The van der Waals surface area contributed by atoms with E-state index in [1.54, 1.807) is 13.0 Å². The quantitative estimate of drug-likeness (QED) is 0.824. The van der Waals surface area contributed by atoms with Crippen LogP contribution in [0.1, 0.15) is 17.5 Å². The Morgan fingerprint density at radius 3 is 2.85 bits per heavy atom. The zero-order chi connectivity index (χ0) is 14.4. The Balaban J connectivity index is 1.68. The molecule has 2 rings (SSSR count). The number of urea groups is 1. The predicted molar refractivity (Wildman–Crippen MR) is 77.3 cm³/mol. The topological polar surface area (TPSA) is 44.4 Å². The van der Waals surface area contributed by atoms with Gasteiger partial charge >= 0.3 is 6.03 Å². The van der Waals surface area contributed by atoms with Gasteiger partial charge in [-0.2, -0.15) is 0 Å². The molecule has 110 valence electrons. The largest absolute Gasteiger partial charge is 0.338 e. The number of rotatable bonds is 4. The molecule has 1 fully saturated rings. The maximum Gasteiger partial charge on any atom is 0.317 e. The molecule has 0 bridgehead atoms. The lowest BCUT2D eigenvalue weighted by atomic mass is 10.1. The Morgan fingerprint density at radius 2 is 2.15 bits per heavy atom. The summed E-state index contributed by atoms with van der Waals surface area (Å²) in [4.78, 5) is 13.7. The van der Waals surface area contributed by atoms with Crippen LogP contribution < -0.4 is 10.6 Å². The number of nitrogens with one attached hydrogen (secondary N) is 2. The summed E-state index contributed by atoms with van der Waals surface area (Å²) in [7, 11) is 0. The number of amides is 2. The number of piperazine rings is 1. The lowest BCUT2D eigenvalue weighted by molar-refractivity contribution is 0.190. The summed E-state index contributed by atoms with van der Waals surface area (Å²) in [5, 5.41) is 6.15. The minimum Gasteiger partial charge on any atom is -0.338 e. The molecule has 0 unspecified atom stereocenters. The fourth-order valence-electron chi connectivity index (χ4n) is 2.33. The van der Waals surface area contributed by atoms with Gasteiger partial charge in [0.2, 0.25) is 0 Å². The van der Waals surface area contributed by atoms with E-state index in [1.165, 1.54) is 6.07 Å². The van der Waals surface area contributed by atoms with Gasteiger partial charge in [0.15, 0.2) is 0 Å². The molecule has 2 amide bonds. The summed E-state index contributed by atoms with van der Waals surface area (Å²) >= 11 is 0. The SMILES string of the molecule is Cc1cc(CCCNC(=O)N2CCNCC2)ccc1F. The minimum absolute atomic E-state index is 0.0155. The van der Waals surface area contributed by atoms with Crippen molar-refractivity contribution in [2.24, 2.45) is 0 Å². The van der Waals surface area contributed by atoms with Crippen molar-refractivity contribution >= 4 is 6.03 Å². The molecule has 1 aliphatic rings. The Bertz CT molecular complexity index is 458. The normalized spacial score (nSPS) is 15.2. The van der Waals surface area contributed by atoms with E-state index in [0.717, 1.165) is 44.6 Å². The second kappa shape index (κ2) is 7.24. The summed E-state index contributed by atoms with van der Waals surface area (Å²) < 4.78 is 13.1. The second-order valence-electron chi connectivity index (χ2n) is 5.16. The van der Waals surface area contributed by atoms with Gasteiger partial charge in [-0.1, -0.05) is 12.1 Å². The molecule has 0 spiro atoms. The first kappa shape index (κ1) is 14.8. The summed E-state index contributed by atoms with van der Waals surface area (Å²) in [6, 6.07) is 5.19. The van der Waals surface area contributed by atoms with E-state index in [0.29, 0.717) is 12.1 Å². The molecule has 0 radical (unpaired) electrons. The van der Waals surface area contributed by atoms with Crippen LogP contribution in [0.2, 0.25) is 0 Å². The molecule has 0 atom stereocenters. The number of nitrogens with zero attached hydrogens (tertiary/aromatic N) is 1. The van der Waals surface area contributed by atoms with Gasteiger partial charge < -0.3 is 15.5 Å². The third kappa shape index (κ3) is 4.20. The third-order valence-corrected chi connectivity index (χ3v) is 3.55. The monoisotopic (exact) mass is 279 g/mol. The maximum absolute atomic E-state index is 13.1. The molecular weight excluding hydrogens is 257 g/mol. The van der Waals surface area contributed by atoms with E-state index in [9.17, 15) is 9.18 Å². The predicted octanol–water partition coefficient (Wildman–Crippen LogP) is 1.68. The number of benzene rings is 1. The second-order valence-corrected chi connectivity index (χ2v) is 5.16. The molecule has 1 aromatic rings. The number of aryl methyl sites for hydroxylation is 2. The van der Waals surface area contributed by atoms with Crippen molar-refractivity contribution < 1.29 is 9.18 Å². The molecule has 1 saturated heterocycles. The van der Waals surface area contributed by atoms with Crippen LogP contribution in [0.4, 0.5) is 9.18 Å². The van der Waals surface area contributed by atoms with Gasteiger partial charge in [-0.3, -0.25) is 0 Å². The molecule has 0 aliphatic carbocycles. The molecule has 0 aromatic heterocycles. The van der Waals surface area contributed by atoms with E-state index in [1.807, 2.05) is 11.0 Å². The standard InChI is InChI=1S/C15H22FN3O/c1-12-11-13(4-5-14(12)16)3-2-6-18-15(20)19-9-7-17-8-10-19/h4-5,11,17H,2-3,6-10H2,1H3,(H,18,20). The fraction of sp³-hybridized carbons (Fsp3) is 0.533. The Labute approximate surface area is 119 Å². The summed E-state index contributed by atoms with van der Waals surface area (Å²) in [5.41, 5.74) is 1.78. The van der Waals surface area contributed by atoms with Crippen LogP contribution >= 0.6 is 0 Å². The number of hydrogen-bond acceptors (Lipinski definition) is 2. The van der Waals surface area contributed by atoms with Gasteiger partial charge in [-0.15, -0.1) is 0 Å². The number of halogens is 1. The van der Waals surface area contributed by atoms with Crippen LogP contribution in [0.3, 0.4) is 0 Å². The van der Waals surface area contributed by atoms with Crippen LogP contribution in [-0.2, 0) is 6.42 Å². The number of carbonyl (C=O) groups is 1. The average Bonchev–Trinajstić information content (AvgIpc) is 2.48. The van der Waals surface area contributed by atoms with Gasteiger partial charge in [0.05, 0.1) is 0 Å². The third-order valence-electron chi connectivity index (χ3n) is 3.55. The highest BCUT2D eigenvalue weighted by Crippen LogP contribution is 2.10. The highest BCUT2D eigenvalue weighted by molar-refractivity contribution is 5.74. The van der Waals surface area contributed by atoms with Crippen molar-refractivity contribution in [3.05, 3.63) is 35.1 Å². The van der Waals surface area contributed by atoms with Crippen molar-refractivity contribution in [3.8, 4) is 0 Å². The molecule has 20 heavy (non-hydrogen) atoms. The van der Waals surface area contributed by atoms with Gasteiger partial charge in [-0.05, 0) is 37.0 Å². The molecule has 1 aromatic carbocycles. The molecule has 0 saturated carbocycles. The van der Waals surface area contributed by atoms with Gasteiger partial charge in [0.25, 0.3) is 0 Å². The fourth-order valence-corrected chi connectivity index (χ4v) is 2.33. The van der Waals surface area contributed by atoms with Crippen molar-refractivity contribution in [3.63, 3.8) is 0 Å². The Hall–Kier alpha value is -1.62. The first-order valence-corrected chi connectivity index (χ1v) is 7.15. The van der Waals surface area contributed by atoms with Crippen molar-refractivity contribution in [1.29, 1.82) is 0 Å². The van der Waals surface area contributed by atoms with E-state index in [-0.39, 0.29) is 11.8 Å². The first-order chi connectivity index (χ1) is 9.66. The van der Waals surface area contributed by atoms with Crippen LogP contribution in [0.5, 0.6) is 0 Å². The van der Waals surface area contributed by atoms with Crippen LogP contribution in [0.15, 0.2) is 18.2 Å². The molecule has 2 N–H and O–H groups in total. The maximum atomic E-state index is 13.1. The lowest BCUT2D eigenvalue weighted by Gasteiger charge is -2.27. The highest BCUT2D eigenvalue weighted by Gasteiger charge is 2.14. The zero-order valence-corrected chi connectivity index (χ0v) is 11.9. The summed E-state index contributed by atoms with van der Waals surface area (Å²) in [6.45, 7) is 5.68. The van der Waals surface area contributed by atoms with Crippen molar-refractivity contribution in [2.75, 3.05) is 32.7 Å². The smallest absolute Gasteiger partial charge is 0.317 e. The highest BCUT2D eigenvalue weighted by atomic mass is 19.1. The summed E-state index contributed by atoms with van der Waals surface area (Å²) in [6.07, 6.45) is 1.71.